The lowest BCUT2D eigenvalue weighted by atomic mass is 9.93. The highest BCUT2D eigenvalue weighted by Crippen LogP contribution is 2.25. The van der Waals surface area contributed by atoms with Crippen LogP contribution in [0.3, 0.4) is 0 Å². The monoisotopic (exact) mass is 170 g/mol. The highest BCUT2D eigenvalue weighted by atomic mass is 15.3. The molecule has 1 heterocycles. The maximum Gasteiger partial charge on any atom is 0.0344 e. The lowest BCUT2D eigenvalue weighted by Gasteiger charge is -2.51. The molecule has 0 aromatic carbocycles. The van der Waals surface area contributed by atoms with Crippen LogP contribution in [0.5, 0.6) is 0 Å². The van der Waals surface area contributed by atoms with Gasteiger partial charge in [-0.3, -0.25) is 4.90 Å². The van der Waals surface area contributed by atoms with Crippen LogP contribution in [0.1, 0.15) is 27.2 Å². The molecule has 0 bridgehead atoms. The molecule has 0 N–H and O–H groups in total. The molecule has 12 heavy (non-hydrogen) atoms. The normalized spacial score (nSPS) is 21.5. The van der Waals surface area contributed by atoms with Gasteiger partial charge in [-0.25, -0.2) is 0 Å². The molecular formula is C10H22N2. The quantitative estimate of drug-likeness (QED) is 0.632. The van der Waals surface area contributed by atoms with Crippen LogP contribution in [-0.2, 0) is 0 Å². The van der Waals surface area contributed by atoms with Crippen LogP contribution in [0.25, 0.3) is 0 Å². The first-order chi connectivity index (χ1) is 5.47. The van der Waals surface area contributed by atoms with Crippen molar-refractivity contribution in [2.24, 2.45) is 0 Å². The van der Waals surface area contributed by atoms with E-state index in [0.29, 0.717) is 5.54 Å². The molecule has 0 aromatic rings. The molecule has 1 aliphatic rings. The van der Waals surface area contributed by atoms with E-state index in [1.54, 1.807) is 0 Å². The van der Waals surface area contributed by atoms with Crippen LogP contribution in [0, 0.1) is 0 Å². The van der Waals surface area contributed by atoms with Crippen molar-refractivity contribution in [2.45, 2.75) is 38.8 Å². The highest BCUT2D eigenvalue weighted by Gasteiger charge is 2.36. The number of nitrogens with zero attached hydrogens (tertiary/aromatic N) is 2. The van der Waals surface area contributed by atoms with Crippen molar-refractivity contribution >= 4 is 0 Å². The van der Waals surface area contributed by atoms with E-state index in [4.69, 9.17) is 0 Å². The zero-order valence-corrected chi connectivity index (χ0v) is 9.09. The van der Waals surface area contributed by atoms with Crippen LogP contribution >= 0.6 is 0 Å². The van der Waals surface area contributed by atoms with E-state index in [1.807, 2.05) is 0 Å². The van der Waals surface area contributed by atoms with Crippen molar-refractivity contribution < 1.29 is 0 Å². The van der Waals surface area contributed by atoms with Gasteiger partial charge in [0.25, 0.3) is 0 Å². The van der Waals surface area contributed by atoms with E-state index < -0.39 is 0 Å². The van der Waals surface area contributed by atoms with E-state index in [9.17, 15) is 0 Å². The summed E-state index contributed by atoms with van der Waals surface area (Å²) < 4.78 is 0. The molecule has 1 rings (SSSR count). The van der Waals surface area contributed by atoms with Crippen LogP contribution < -0.4 is 0 Å². The topological polar surface area (TPSA) is 6.48 Å². The van der Waals surface area contributed by atoms with E-state index in [0.717, 1.165) is 6.04 Å². The van der Waals surface area contributed by atoms with E-state index in [1.165, 1.54) is 19.5 Å². The van der Waals surface area contributed by atoms with Gasteiger partial charge in [-0.05, 0) is 34.4 Å². The van der Waals surface area contributed by atoms with Crippen LogP contribution in [0.2, 0.25) is 0 Å². The lowest BCUT2D eigenvalue weighted by molar-refractivity contribution is -0.0143. The maximum absolute atomic E-state index is 2.57. The van der Waals surface area contributed by atoms with Gasteiger partial charge in [-0.1, -0.05) is 6.92 Å². The van der Waals surface area contributed by atoms with E-state index >= 15 is 0 Å². The lowest BCUT2D eigenvalue weighted by Crippen LogP contribution is -2.63. The molecule has 0 unspecified atom stereocenters. The Hall–Kier alpha value is -0.0800. The summed E-state index contributed by atoms with van der Waals surface area (Å²) in [6.45, 7) is 9.42. The van der Waals surface area contributed by atoms with Crippen molar-refractivity contribution in [3.8, 4) is 0 Å². The molecular weight excluding hydrogens is 148 g/mol. The van der Waals surface area contributed by atoms with Gasteiger partial charge in [-0.15, -0.1) is 0 Å². The Balaban J connectivity index is 2.34. The summed E-state index contributed by atoms with van der Waals surface area (Å²) in [5, 5.41) is 0. The largest absolute Gasteiger partial charge is 0.304 e. The van der Waals surface area contributed by atoms with Crippen LogP contribution in [0.4, 0.5) is 0 Å². The van der Waals surface area contributed by atoms with Gasteiger partial charge in [0.05, 0.1) is 0 Å². The number of rotatable bonds is 3. The zero-order chi connectivity index (χ0) is 9.35. The molecule has 1 saturated heterocycles. The summed E-state index contributed by atoms with van der Waals surface area (Å²) in [7, 11) is 4.34. The molecule has 72 valence electrons. The second-order valence-corrected chi connectivity index (χ2v) is 4.69. The number of likely N-dealkylation sites (N-methyl/N-ethyl adjacent to an activating group) is 1. The van der Waals surface area contributed by atoms with Crippen molar-refractivity contribution in [1.29, 1.82) is 0 Å². The van der Waals surface area contributed by atoms with Gasteiger partial charge in [0.1, 0.15) is 0 Å². The Kier molecular flexibility index (Phi) is 2.79. The van der Waals surface area contributed by atoms with Gasteiger partial charge < -0.3 is 4.90 Å². The Morgan fingerprint density at radius 2 is 1.83 bits per heavy atom. The van der Waals surface area contributed by atoms with Crippen molar-refractivity contribution in [2.75, 3.05) is 27.2 Å². The first-order valence-electron chi connectivity index (χ1n) is 4.89. The fourth-order valence-electron chi connectivity index (χ4n) is 1.50. The molecule has 2 heteroatoms. The third-order valence-corrected chi connectivity index (χ3v) is 3.31. The summed E-state index contributed by atoms with van der Waals surface area (Å²) in [5.41, 5.74) is 0.409. The first kappa shape index (κ1) is 10.0. The minimum absolute atomic E-state index is 0.409. The molecule has 0 radical (unpaired) electrons. The molecule has 2 nitrogen and oxygen atoms in total. The molecule has 0 aromatic heterocycles. The van der Waals surface area contributed by atoms with Crippen molar-refractivity contribution in [3.63, 3.8) is 0 Å². The maximum atomic E-state index is 2.57. The van der Waals surface area contributed by atoms with Gasteiger partial charge in [0, 0.05) is 24.7 Å². The Morgan fingerprint density at radius 1 is 1.33 bits per heavy atom. The second-order valence-electron chi connectivity index (χ2n) is 4.69. The summed E-state index contributed by atoms with van der Waals surface area (Å²) in [5.74, 6) is 0. The summed E-state index contributed by atoms with van der Waals surface area (Å²) >= 11 is 0. The standard InChI is InChI=1S/C10H22N2/c1-6-10(2,3)12-7-9(8-12)11(4)5/h9H,6-8H2,1-5H3. The first-order valence-corrected chi connectivity index (χ1v) is 4.89. The summed E-state index contributed by atoms with van der Waals surface area (Å²) in [4.78, 5) is 4.89. The average molecular weight is 170 g/mol. The Bertz CT molecular complexity index is 146. The minimum Gasteiger partial charge on any atom is -0.304 e. The minimum atomic E-state index is 0.409. The van der Waals surface area contributed by atoms with Crippen molar-refractivity contribution in [1.82, 2.24) is 9.80 Å². The van der Waals surface area contributed by atoms with Crippen molar-refractivity contribution in [3.05, 3.63) is 0 Å². The summed E-state index contributed by atoms with van der Waals surface area (Å²) in [6.07, 6.45) is 1.24. The Labute approximate surface area is 76.5 Å². The van der Waals surface area contributed by atoms with E-state index in [2.05, 4.69) is 44.7 Å². The average Bonchev–Trinajstić information content (AvgIpc) is 1.82. The predicted molar refractivity (Wildman–Crippen MR) is 53.4 cm³/mol. The van der Waals surface area contributed by atoms with Crippen LogP contribution in [-0.4, -0.2) is 48.6 Å². The third-order valence-electron chi connectivity index (χ3n) is 3.31. The number of likely N-dealkylation sites (tertiary alicyclic amines) is 1. The SMILES string of the molecule is CCC(C)(C)N1CC(N(C)C)C1. The highest BCUT2D eigenvalue weighted by molar-refractivity contribution is 4.94. The molecule has 0 aliphatic carbocycles. The fourth-order valence-corrected chi connectivity index (χ4v) is 1.50. The molecule has 0 atom stereocenters. The Morgan fingerprint density at radius 3 is 2.17 bits per heavy atom. The number of hydrogen-bond acceptors (Lipinski definition) is 2. The van der Waals surface area contributed by atoms with Gasteiger partial charge in [0.15, 0.2) is 0 Å². The zero-order valence-electron chi connectivity index (χ0n) is 9.09. The van der Waals surface area contributed by atoms with Gasteiger partial charge in [-0.2, -0.15) is 0 Å². The van der Waals surface area contributed by atoms with Gasteiger partial charge in [0.2, 0.25) is 0 Å². The smallest absolute Gasteiger partial charge is 0.0344 e. The molecule has 1 aliphatic heterocycles. The second kappa shape index (κ2) is 3.35. The molecule has 1 fully saturated rings. The van der Waals surface area contributed by atoms with E-state index in [-0.39, 0.29) is 0 Å². The predicted octanol–water partition coefficient (Wildman–Crippen LogP) is 1.42. The molecule has 0 spiro atoms. The summed E-state index contributed by atoms with van der Waals surface area (Å²) in [6, 6.07) is 0.788. The fraction of sp³-hybridized carbons (Fsp3) is 1.00. The molecule has 0 amide bonds. The molecule has 0 saturated carbocycles. The third kappa shape index (κ3) is 1.80. The van der Waals surface area contributed by atoms with Crippen LogP contribution in [0.15, 0.2) is 0 Å². The van der Waals surface area contributed by atoms with Gasteiger partial charge >= 0.3 is 0 Å². The number of hydrogen-bond donors (Lipinski definition) is 0.